The molecule has 20 heavy (non-hydrogen) atoms. The fourth-order valence-electron chi connectivity index (χ4n) is 2.86. The zero-order chi connectivity index (χ0) is 14.6. The Morgan fingerprint density at radius 1 is 1.20 bits per heavy atom. The van der Waals surface area contributed by atoms with Crippen molar-refractivity contribution in [2.45, 2.75) is 52.2 Å². The van der Waals surface area contributed by atoms with Crippen LogP contribution < -0.4 is 10.1 Å². The van der Waals surface area contributed by atoms with Crippen molar-refractivity contribution in [3.05, 3.63) is 29.8 Å². The second-order valence-electron chi connectivity index (χ2n) is 6.07. The number of nitrogens with one attached hydrogen (secondary N) is 1. The largest absolute Gasteiger partial charge is 0.435 e. The summed E-state index contributed by atoms with van der Waals surface area (Å²) in [5.74, 6) is 0.207. The average Bonchev–Trinajstić information content (AvgIpc) is 2.84. The van der Waals surface area contributed by atoms with Gasteiger partial charge in [-0.05, 0) is 42.9 Å². The van der Waals surface area contributed by atoms with Crippen molar-refractivity contribution in [2.24, 2.45) is 5.41 Å². The predicted molar refractivity (Wildman–Crippen MR) is 76.1 cm³/mol. The van der Waals surface area contributed by atoms with Gasteiger partial charge in [-0.2, -0.15) is 8.78 Å². The Kier molecular flexibility index (Phi) is 4.97. The quantitative estimate of drug-likeness (QED) is 0.829. The Hall–Kier alpha value is -1.16. The highest BCUT2D eigenvalue weighted by Gasteiger charge is 2.28. The third-order valence-corrected chi connectivity index (χ3v) is 4.25. The number of hydrogen-bond donors (Lipinski definition) is 1. The molecule has 0 aromatic heterocycles. The van der Waals surface area contributed by atoms with E-state index in [1.165, 1.54) is 25.7 Å². The summed E-state index contributed by atoms with van der Waals surface area (Å²) in [5.41, 5.74) is 1.50. The molecule has 112 valence electrons. The molecule has 2 rings (SSSR count). The van der Waals surface area contributed by atoms with Crippen LogP contribution in [0.1, 0.15) is 51.1 Å². The SMILES string of the molecule is CC(NCC1(C)CCCC1)c1ccc(OC(F)F)cc1. The highest BCUT2D eigenvalue weighted by Crippen LogP contribution is 2.37. The molecule has 1 aliphatic carbocycles. The van der Waals surface area contributed by atoms with Crippen LogP contribution in [0, 0.1) is 5.41 Å². The summed E-state index contributed by atoms with van der Waals surface area (Å²) in [6, 6.07) is 7.08. The summed E-state index contributed by atoms with van der Waals surface area (Å²) in [5, 5.41) is 3.55. The van der Waals surface area contributed by atoms with Gasteiger partial charge in [0.2, 0.25) is 0 Å². The Labute approximate surface area is 119 Å². The summed E-state index contributed by atoms with van der Waals surface area (Å²) in [6.07, 6.45) is 5.22. The minimum Gasteiger partial charge on any atom is -0.435 e. The van der Waals surface area contributed by atoms with E-state index >= 15 is 0 Å². The Bertz CT molecular complexity index is 413. The second kappa shape index (κ2) is 6.53. The van der Waals surface area contributed by atoms with E-state index in [-0.39, 0.29) is 11.8 Å². The van der Waals surface area contributed by atoms with E-state index in [0.717, 1.165) is 12.1 Å². The van der Waals surface area contributed by atoms with Crippen LogP contribution in [0.3, 0.4) is 0 Å². The lowest BCUT2D eigenvalue weighted by atomic mass is 9.88. The van der Waals surface area contributed by atoms with E-state index in [9.17, 15) is 8.78 Å². The van der Waals surface area contributed by atoms with Crippen LogP contribution in [-0.2, 0) is 0 Å². The monoisotopic (exact) mass is 283 g/mol. The van der Waals surface area contributed by atoms with Gasteiger partial charge in [-0.3, -0.25) is 0 Å². The van der Waals surface area contributed by atoms with Crippen molar-refractivity contribution in [1.29, 1.82) is 0 Å². The summed E-state index contributed by atoms with van der Waals surface area (Å²) >= 11 is 0. The highest BCUT2D eigenvalue weighted by molar-refractivity contribution is 5.29. The van der Waals surface area contributed by atoms with Gasteiger partial charge in [0.05, 0.1) is 0 Å². The van der Waals surface area contributed by atoms with Gasteiger partial charge in [-0.15, -0.1) is 0 Å². The topological polar surface area (TPSA) is 21.3 Å². The molecule has 1 fully saturated rings. The number of alkyl halides is 2. The molecule has 0 amide bonds. The van der Waals surface area contributed by atoms with Crippen molar-refractivity contribution in [3.8, 4) is 5.75 Å². The molecule has 1 atom stereocenters. The molecule has 1 N–H and O–H groups in total. The Morgan fingerprint density at radius 2 is 1.80 bits per heavy atom. The van der Waals surface area contributed by atoms with E-state index in [4.69, 9.17) is 0 Å². The predicted octanol–water partition coefficient (Wildman–Crippen LogP) is 4.52. The van der Waals surface area contributed by atoms with Gasteiger partial charge in [-0.1, -0.05) is 31.9 Å². The molecular formula is C16H23F2NO. The molecule has 0 heterocycles. The van der Waals surface area contributed by atoms with Gasteiger partial charge in [0.15, 0.2) is 0 Å². The van der Waals surface area contributed by atoms with E-state index in [1.807, 2.05) is 12.1 Å². The van der Waals surface area contributed by atoms with Gasteiger partial charge < -0.3 is 10.1 Å². The maximum Gasteiger partial charge on any atom is 0.387 e. The molecule has 0 aliphatic heterocycles. The van der Waals surface area contributed by atoms with Crippen LogP contribution in [0.15, 0.2) is 24.3 Å². The van der Waals surface area contributed by atoms with E-state index < -0.39 is 6.61 Å². The van der Waals surface area contributed by atoms with Crippen LogP contribution in [0.25, 0.3) is 0 Å². The smallest absolute Gasteiger partial charge is 0.387 e. The fraction of sp³-hybridized carbons (Fsp3) is 0.625. The maximum absolute atomic E-state index is 12.1. The highest BCUT2D eigenvalue weighted by atomic mass is 19.3. The molecule has 0 radical (unpaired) electrons. The third kappa shape index (κ3) is 4.17. The molecule has 1 aromatic rings. The standard InChI is InChI=1S/C16H23F2NO/c1-12(19-11-16(2)9-3-4-10-16)13-5-7-14(8-6-13)20-15(17)18/h5-8,12,15,19H,3-4,9-11H2,1-2H3. The van der Waals surface area contributed by atoms with Crippen molar-refractivity contribution < 1.29 is 13.5 Å². The average molecular weight is 283 g/mol. The van der Waals surface area contributed by atoms with E-state index in [0.29, 0.717) is 5.41 Å². The molecule has 0 saturated heterocycles. The minimum absolute atomic E-state index is 0.207. The molecule has 1 unspecified atom stereocenters. The van der Waals surface area contributed by atoms with Crippen molar-refractivity contribution in [1.82, 2.24) is 5.32 Å². The normalized spacial score (nSPS) is 19.2. The third-order valence-electron chi connectivity index (χ3n) is 4.25. The van der Waals surface area contributed by atoms with Crippen LogP contribution in [0.2, 0.25) is 0 Å². The molecule has 1 saturated carbocycles. The van der Waals surface area contributed by atoms with Crippen molar-refractivity contribution in [3.63, 3.8) is 0 Å². The number of halogens is 2. The lowest BCUT2D eigenvalue weighted by molar-refractivity contribution is -0.0498. The Morgan fingerprint density at radius 3 is 2.35 bits per heavy atom. The lowest BCUT2D eigenvalue weighted by Gasteiger charge is -2.26. The molecule has 1 aliphatic rings. The molecule has 0 bridgehead atoms. The number of ether oxygens (including phenoxy) is 1. The van der Waals surface area contributed by atoms with E-state index in [2.05, 4.69) is 23.9 Å². The lowest BCUT2D eigenvalue weighted by Crippen LogP contribution is -2.31. The van der Waals surface area contributed by atoms with Gasteiger partial charge in [0.1, 0.15) is 5.75 Å². The van der Waals surface area contributed by atoms with E-state index in [1.54, 1.807) is 12.1 Å². The van der Waals surface area contributed by atoms with Gasteiger partial charge in [0, 0.05) is 12.6 Å². The Balaban J connectivity index is 1.87. The zero-order valence-electron chi connectivity index (χ0n) is 12.2. The molecule has 4 heteroatoms. The van der Waals surface area contributed by atoms with Crippen LogP contribution in [0.4, 0.5) is 8.78 Å². The van der Waals surface area contributed by atoms with Gasteiger partial charge >= 0.3 is 6.61 Å². The molecule has 1 aromatic carbocycles. The summed E-state index contributed by atoms with van der Waals surface area (Å²) in [6.45, 7) is 2.67. The summed E-state index contributed by atoms with van der Waals surface area (Å²) < 4.78 is 28.5. The second-order valence-corrected chi connectivity index (χ2v) is 6.07. The first-order valence-electron chi connectivity index (χ1n) is 7.27. The van der Waals surface area contributed by atoms with Crippen molar-refractivity contribution in [2.75, 3.05) is 6.54 Å². The van der Waals surface area contributed by atoms with Crippen LogP contribution in [-0.4, -0.2) is 13.2 Å². The molecule has 2 nitrogen and oxygen atoms in total. The van der Waals surface area contributed by atoms with Gasteiger partial charge in [-0.25, -0.2) is 0 Å². The van der Waals surface area contributed by atoms with Crippen LogP contribution >= 0.6 is 0 Å². The van der Waals surface area contributed by atoms with Gasteiger partial charge in [0.25, 0.3) is 0 Å². The number of hydrogen-bond acceptors (Lipinski definition) is 2. The first-order valence-corrected chi connectivity index (χ1v) is 7.27. The number of benzene rings is 1. The fourth-order valence-corrected chi connectivity index (χ4v) is 2.86. The molecule has 0 spiro atoms. The first-order chi connectivity index (χ1) is 9.48. The van der Waals surface area contributed by atoms with Crippen LogP contribution in [0.5, 0.6) is 5.75 Å². The summed E-state index contributed by atoms with van der Waals surface area (Å²) in [7, 11) is 0. The maximum atomic E-state index is 12.1. The first kappa shape index (κ1) is 15.2. The number of rotatable bonds is 6. The minimum atomic E-state index is -2.77. The molecular weight excluding hydrogens is 260 g/mol. The summed E-state index contributed by atoms with van der Waals surface area (Å²) in [4.78, 5) is 0. The van der Waals surface area contributed by atoms with Crippen molar-refractivity contribution >= 4 is 0 Å². The zero-order valence-corrected chi connectivity index (χ0v) is 12.2.